The summed E-state index contributed by atoms with van der Waals surface area (Å²) >= 11 is 1.83. The summed E-state index contributed by atoms with van der Waals surface area (Å²) in [6.07, 6.45) is 7.85. The molecule has 1 aromatic rings. The number of aromatic nitrogens is 1. The van der Waals surface area contributed by atoms with Crippen molar-refractivity contribution < 1.29 is 5.11 Å². The third kappa shape index (κ3) is 4.01. The van der Waals surface area contributed by atoms with Crippen LogP contribution in [0.2, 0.25) is 0 Å². The lowest BCUT2D eigenvalue weighted by atomic mass is 9.86. The Morgan fingerprint density at radius 3 is 2.74 bits per heavy atom. The van der Waals surface area contributed by atoms with Gasteiger partial charge in [-0.1, -0.05) is 33.1 Å². The quantitative estimate of drug-likeness (QED) is 0.769. The Labute approximate surface area is 120 Å². The smallest absolute Gasteiger partial charge is 0.0959 e. The number of nitrogens with zero attached hydrogens (tertiary/aromatic N) is 1. The number of aliphatic hydroxyl groups is 1. The van der Waals surface area contributed by atoms with E-state index < -0.39 is 0 Å². The van der Waals surface area contributed by atoms with Crippen LogP contribution in [0.25, 0.3) is 0 Å². The van der Waals surface area contributed by atoms with Crippen LogP contribution in [0.4, 0.5) is 0 Å². The highest BCUT2D eigenvalue weighted by molar-refractivity contribution is 7.11. The van der Waals surface area contributed by atoms with Crippen LogP contribution in [0, 0.1) is 5.92 Å². The Balaban J connectivity index is 1.71. The third-order valence-corrected chi connectivity index (χ3v) is 5.43. The zero-order chi connectivity index (χ0) is 13.7. The topological polar surface area (TPSA) is 45.1 Å². The van der Waals surface area contributed by atoms with Gasteiger partial charge in [-0.05, 0) is 18.8 Å². The van der Waals surface area contributed by atoms with Crippen molar-refractivity contribution in [1.82, 2.24) is 10.3 Å². The highest BCUT2D eigenvalue weighted by Crippen LogP contribution is 2.38. The molecule has 1 aliphatic rings. The minimum absolute atomic E-state index is 0.228. The van der Waals surface area contributed by atoms with Crippen LogP contribution >= 0.6 is 11.3 Å². The van der Waals surface area contributed by atoms with Crippen molar-refractivity contribution in [3.63, 3.8) is 0 Å². The molecule has 1 aromatic heterocycles. The number of nitrogens with one attached hydrogen (secondary N) is 1. The van der Waals surface area contributed by atoms with Gasteiger partial charge in [-0.2, -0.15) is 0 Å². The SMILES string of the molecule is CCC(CC)C(O)CNCc1cnc(C2CCC2)s1. The van der Waals surface area contributed by atoms with Crippen LogP contribution in [0.3, 0.4) is 0 Å². The first-order valence-electron chi connectivity index (χ1n) is 7.58. The van der Waals surface area contributed by atoms with Gasteiger partial charge in [0.2, 0.25) is 0 Å². The van der Waals surface area contributed by atoms with E-state index in [1.54, 1.807) is 0 Å². The molecule has 0 bridgehead atoms. The molecule has 4 heteroatoms. The molecule has 0 spiro atoms. The van der Waals surface area contributed by atoms with Gasteiger partial charge < -0.3 is 10.4 Å². The summed E-state index contributed by atoms with van der Waals surface area (Å²) in [5.41, 5.74) is 0. The summed E-state index contributed by atoms with van der Waals surface area (Å²) in [7, 11) is 0. The van der Waals surface area contributed by atoms with Crippen LogP contribution < -0.4 is 5.32 Å². The molecule has 0 amide bonds. The first-order chi connectivity index (χ1) is 9.24. The molecule has 3 nitrogen and oxygen atoms in total. The normalized spacial score (nSPS) is 17.7. The van der Waals surface area contributed by atoms with Gasteiger partial charge in [0.05, 0.1) is 11.1 Å². The second kappa shape index (κ2) is 7.36. The molecular weight excluding hydrogens is 256 g/mol. The maximum atomic E-state index is 10.1. The number of hydrogen-bond donors (Lipinski definition) is 2. The zero-order valence-electron chi connectivity index (χ0n) is 12.1. The van der Waals surface area contributed by atoms with Crippen LogP contribution in [-0.4, -0.2) is 22.7 Å². The molecule has 1 aliphatic carbocycles. The maximum absolute atomic E-state index is 10.1. The van der Waals surface area contributed by atoms with Gasteiger partial charge in [0, 0.05) is 30.1 Å². The fourth-order valence-corrected chi connectivity index (χ4v) is 3.65. The van der Waals surface area contributed by atoms with E-state index >= 15 is 0 Å². The summed E-state index contributed by atoms with van der Waals surface area (Å²) in [5, 5.41) is 14.7. The molecule has 0 aliphatic heterocycles. The van der Waals surface area contributed by atoms with Crippen molar-refractivity contribution in [1.29, 1.82) is 0 Å². The van der Waals surface area contributed by atoms with E-state index in [-0.39, 0.29) is 6.10 Å². The van der Waals surface area contributed by atoms with Crippen LogP contribution in [0.15, 0.2) is 6.20 Å². The van der Waals surface area contributed by atoms with Crippen LogP contribution in [0.1, 0.15) is 61.8 Å². The predicted molar refractivity (Wildman–Crippen MR) is 80.5 cm³/mol. The second-order valence-corrected chi connectivity index (χ2v) is 6.71. The molecule has 1 saturated carbocycles. The van der Waals surface area contributed by atoms with Gasteiger partial charge in [0.15, 0.2) is 0 Å². The number of thiazole rings is 1. The number of aliphatic hydroxyl groups excluding tert-OH is 1. The molecule has 1 heterocycles. The average molecular weight is 282 g/mol. The summed E-state index contributed by atoms with van der Waals surface area (Å²) in [6, 6.07) is 0. The summed E-state index contributed by atoms with van der Waals surface area (Å²) in [4.78, 5) is 5.81. The molecule has 0 radical (unpaired) electrons. The van der Waals surface area contributed by atoms with Gasteiger partial charge >= 0.3 is 0 Å². The fraction of sp³-hybridized carbons (Fsp3) is 0.800. The zero-order valence-corrected chi connectivity index (χ0v) is 12.9. The minimum atomic E-state index is -0.228. The largest absolute Gasteiger partial charge is 0.392 e. The molecule has 1 fully saturated rings. The van der Waals surface area contributed by atoms with Crippen molar-refractivity contribution in [2.75, 3.05) is 6.54 Å². The molecule has 0 saturated heterocycles. The predicted octanol–water partition coefficient (Wildman–Crippen LogP) is 3.30. The first-order valence-corrected chi connectivity index (χ1v) is 8.39. The summed E-state index contributed by atoms with van der Waals surface area (Å²) in [5.74, 6) is 1.15. The lowest BCUT2D eigenvalue weighted by Gasteiger charge is -2.22. The Bertz CT molecular complexity index is 372. The first kappa shape index (κ1) is 14.9. The second-order valence-electron chi connectivity index (χ2n) is 5.57. The Morgan fingerprint density at radius 1 is 1.42 bits per heavy atom. The maximum Gasteiger partial charge on any atom is 0.0959 e. The highest BCUT2D eigenvalue weighted by atomic mass is 32.1. The molecule has 108 valence electrons. The van der Waals surface area contributed by atoms with Crippen molar-refractivity contribution >= 4 is 11.3 Å². The monoisotopic (exact) mass is 282 g/mol. The molecule has 2 N–H and O–H groups in total. The summed E-state index contributed by atoms with van der Waals surface area (Å²) in [6.45, 7) is 5.81. The van der Waals surface area contributed by atoms with Crippen molar-refractivity contribution in [2.24, 2.45) is 5.92 Å². The fourth-order valence-electron chi connectivity index (χ4n) is 2.59. The van der Waals surface area contributed by atoms with Crippen molar-refractivity contribution in [2.45, 2.75) is 64.5 Å². The molecular formula is C15H26N2OS. The Morgan fingerprint density at radius 2 is 2.16 bits per heavy atom. The lowest BCUT2D eigenvalue weighted by molar-refractivity contribution is 0.101. The lowest BCUT2D eigenvalue weighted by Crippen LogP contribution is -2.32. The Hall–Kier alpha value is -0.450. The Kier molecular flexibility index (Phi) is 5.79. The molecule has 1 unspecified atom stereocenters. The van der Waals surface area contributed by atoms with E-state index in [1.807, 2.05) is 17.5 Å². The molecule has 19 heavy (non-hydrogen) atoms. The average Bonchev–Trinajstić information content (AvgIpc) is 2.77. The number of rotatable bonds is 8. The van der Waals surface area contributed by atoms with Crippen molar-refractivity contribution in [3.8, 4) is 0 Å². The van der Waals surface area contributed by atoms with Gasteiger partial charge in [-0.3, -0.25) is 0 Å². The van der Waals surface area contributed by atoms with E-state index in [4.69, 9.17) is 0 Å². The highest BCUT2D eigenvalue weighted by Gasteiger charge is 2.22. The standard InChI is InChI=1S/C15H26N2OS/c1-3-11(4-2)14(18)10-16-8-13-9-17-15(19-13)12-6-5-7-12/h9,11-12,14,16,18H,3-8,10H2,1-2H3. The van der Waals surface area contributed by atoms with E-state index in [9.17, 15) is 5.11 Å². The summed E-state index contributed by atoms with van der Waals surface area (Å²) < 4.78 is 0. The minimum Gasteiger partial charge on any atom is -0.392 e. The number of hydrogen-bond acceptors (Lipinski definition) is 4. The van der Waals surface area contributed by atoms with Gasteiger partial charge in [0.25, 0.3) is 0 Å². The van der Waals surface area contributed by atoms with E-state index in [0.29, 0.717) is 12.5 Å². The van der Waals surface area contributed by atoms with Gasteiger partial charge in [0.1, 0.15) is 0 Å². The van der Waals surface area contributed by atoms with E-state index in [0.717, 1.165) is 25.3 Å². The van der Waals surface area contributed by atoms with Crippen molar-refractivity contribution in [3.05, 3.63) is 16.1 Å². The van der Waals surface area contributed by atoms with E-state index in [1.165, 1.54) is 29.1 Å². The van der Waals surface area contributed by atoms with E-state index in [2.05, 4.69) is 24.1 Å². The van der Waals surface area contributed by atoms with Gasteiger partial charge in [-0.25, -0.2) is 4.98 Å². The molecule has 0 aromatic carbocycles. The van der Waals surface area contributed by atoms with Gasteiger partial charge in [-0.15, -0.1) is 11.3 Å². The molecule has 1 atom stereocenters. The molecule has 2 rings (SSSR count). The van der Waals surface area contributed by atoms with Crippen LogP contribution in [0.5, 0.6) is 0 Å². The third-order valence-electron chi connectivity index (χ3n) is 4.27. The van der Waals surface area contributed by atoms with Crippen LogP contribution in [-0.2, 0) is 6.54 Å².